The number of halogens is 1. The summed E-state index contributed by atoms with van der Waals surface area (Å²) in [5, 5.41) is 15.8. The van der Waals surface area contributed by atoms with Crippen LogP contribution >= 0.6 is 15.9 Å². The van der Waals surface area contributed by atoms with Crippen LogP contribution in [0.2, 0.25) is 0 Å². The van der Waals surface area contributed by atoms with Crippen molar-refractivity contribution in [2.24, 2.45) is 0 Å². The van der Waals surface area contributed by atoms with E-state index in [0.29, 0.717) is 32.5 Å². The summed E-state index contributed by atoms with van der Waals surface area (Å²) in [4.78, 5) is 26.0. The van der Waals surface area contributed by atoms with Crippen molar-refractivity contribution in [3.8, 4) is 17.3 Å². The number of hydrogen-bond donors (Lipinski definition) is 5. The van der Waals surface area contributed by atoms with E-state index in [9.17, 15) is 18.3 Å². The second kappa shape index (κ2) is 11.0. The lowest BCUT2D eigenvalue weighted by atomic mass is 10.1. The summed E-state index contributed by atoms with van der Waals surface area (Å²) in [6.45, 7) is 2.31. The fourth-order valence-electron chi connectivity index (χ4n) is 5.38. The maximum Gasteiger partial charge on any atom is 0.261 e. The second-order valence-corrected chi connectivity index (χ2v) is 12.9. The molecule has 2 aromatic carbocycles. The molecule has 0 amide bonds. The van der Waals surface area contributed by atoms with Crippen molar-refractivity contribution in [2.75, 3.05) is 38.5 Å². The molecule has 0 radical (unpaired) electrons. The molecule has 41 heavy (non-hydrogen) atoms. The Morgan fingerprint density at radius 1 is 1.15 bits per heavy atom. The van der Waals surface area contributed by atoms with Crippen LogP contribution in [-0.4, -0.2) is 71.2 Å². The zero-order valence-corrected chi connectivity index (χ0v) is 24.7. The average molecular weight is 641 g/mol. The topological polar surface area (TPSA) is 148 Å². The van der Waals surface area contributed by atoms with Gasteiger partial charge in [0.15, 0.2) is 5.88 Å². The van der Waals surface area contributed by atoms with Gasteiger partial charge in [-0.25, -0.2) is 18.1 Å². The predicted molar refractivity (Wildman–Crippen MR) is 163 cm³/mol. The van der Waals surface area contributed by atoms with E-state index in [0.717, 1.165) is 36.8 Å². The monoisotopic (exact) mass is 639 g/mol. The maximum absolute atomic E-state index is 12.9. The number of nitrogens with zero attached hydrogens (tertiary/aromatic N) is 3. The Kier molecular flexibility index (Phi) is 7.36. The molecule has 4 heterocycles. The van der Waals surface area contributed by atoms with Crippen LogP contribution < -0.4 is 15.6 Å². The summed E-state index contributed by atoms with van der Waals surface area (Å²) in [6.07, 6.45) is 5.46. The van der Waals surface area contributed by atoms with Crippen molar-refractivity contribution in [3.05, 3.63) is 69.7 Å². The Labute approximate surface area is 244 Å². The quantitative estimate of drug-likeness (QED) is 0.161. The number of nitrogens with one attached hydrogen (secondary N) is 4. The molecule has 13 heteroatoms. The predicted octanol–water partition coefficient (Wildman–Crippen LogP) is 4.00. The average Bonchev–Trinajstić information content (AvgIpc) is 3.50. The minimum atomic E-state index is -3.71. The highest BCUT2D eigenvalue weighted by molar-refractivity contribution is 9.10. The largest absolute Gasteiger partial charge is 0.494 e. The van der Waals surface area contributed by atoms with E-state index in [1.54, 1.807) is 24.3 Å². The van der Waals surface area contributed by atoms with Gasteiger partial charge in [0.2, 0.25) is 10.0 Å². The van der Waals surface area contributed by atoms with E-state index in [-0.39, 0.29) is 35.5 Å². The van der Waals surface area contributed by atoms with Crippen LogP contribution in [-0.2, 0) is 10.0 Å². The smallest absolute Gasteiger partial charge is 0.261 e. The second-order valence-electron chi connectivity index (χ2n) is 10.3. The first-order valence-corrected chi connectivity index (χ1v) is 15.6. The normalized spacial score (nSPS) is 15.2. The number of aromatic nitrogens is 4. The van der Waals surface area contributed by atoms with Gasteiger partial charge < -0.3 is 29.9 Å². The van der Waals surface area contributed by atoms with E-state index >= 15 is 0 Å². The van der Waals surface area contributed by atoms with Gasteiger partial charge in [-0.05, 0) is 79.2 Å². The van der Waals surface area contributed by atoms with Gasteiger partial charge in [-0.2, -0.15) is 0 Å². The van der Waals surface area contributed by atoms with Crippen molar-refractivity contribution < 1.29 is 13.5 Å². The van der Waals surface area contributed by atoms with Crippen LogP contribution in [0.1, 0.15) is 18.9 Å². The fraction of sp³-hybridized carbons (Fsp3) is 0.286. The maximum atomic E-state index is 12.9. The molecule has 11 nitrogen and oxygen atoms in total. The molecular formula is C28H30BrN7O4S. The van der Waals surface area contributed by atoms with Gasteiger partial charge in [0.1, 0.15) is 11.4 Å². The Balaban J connectivity index is 1.23. The molecule has 0 saturated carbocycles. The van der Waals surface area contributed by atoms with Gasteiger partial charge in [-0.1, -0.05) is 12.1 Å². The SMILES string of the molecule is CN1CCC(n2cc3cc4[nH]c(-c5c(NCCNS(=O)(=O)c6ccccc6Br)cc[nH]c5=O)nc4cc3c2O)CC1. The van der Waals surface area contributed by atoms with Crippen molar-refractivity contribution in [1.82, 2.24) is 29.1 Å². The molecule has 0 bridgehead atoms. The highest BCUT2D eigenvalue weighted by Gasteiger charge is 2.23. The highest BCUT2D eigenvalue weighted by Crippen LogP contribution is 2.36. The van der Waals surface area contributed by atoms with Gasteiger partial charge in [-0.3, -0.25) is 4.79 Å². The van der Waals surface area contributed by atoms with Crippen LogP contribution in [0.4, 0.5) is 5.69 Å². The molecule has 5 aromatic rings. The molecule has 1 aliphatic heterocycles. The summed E-state index contributed by atoms with van der Waals surface area (Å²) in [5.74, 6) is 0.597. The first-order valence-electron chi connectivity index (χ1n) is 13.3. The summed E-state index contributed by atoms with van der Waals surface area (Å²) in [6, 6.07) is 12.3. The number of hydrogen-bond acceptors (Lipinski definition) is 7. The Morgan fingerprint density at radius 3 is 2.71 bits per heavy atom. The van der Waals surface area contributed by atoms with Gasteiger partial charge in [0.05, 0.1) is 21.6 Å². The van der Waals surface area contributed by atoms with Crippen LogP contribution in [0.5, 0.6) is 5.88 Å². The fourth-order valence-corrected chi connectivity index (χ4v) is 7.41. The lowest BCUT2D eigenvalue weighted by Crippen LogP contribution is -2.31. The number of pyridine rings is 1. The van der Waals surface area contributed by atoms with Crippen molar-refractivity contribution in [3.63, 3.8) is 0 Å². The lowest BCUT2D eigenvalue weighted by Gasteiger charge is -2.30. The molecule has 0 aliphatic carbocycles. The van der Waals surface area contributed by atoms with E-state index < -0.39 is 10.0 Å². The summed E-state index contributed by atoms with van der Waals surface area (Å²) in [5.41, 5.74) is 1.84. The summed E-state index contributed by atoms with van der Waals surface area (Å²) >= 11 is 3.27. The number of rotatable bonds is 8. The van der Waals surface area contributed by atoms with E-state index in [2.05, 4.69) is 52.9 Å². The van der Waals surface area contributed by atoms with Gasteiger partial charge in [0.25, 0.3) is 5.56 Å². The molecule has 0 atom stereocenters. The third-order valence-electron chi connectivity index (χ3n) is 7.55. The number of sulfonamides is 1. The summed E-state index contributed by atoms with van der Waals surface area (Å²) < 4.78 is 30.4. The molecule has 1 fully saturated rings. The molecule has 5 N–H and O–H groups in total. The number of likely N-dealkylation sites (tertiary alicyclic amines) is 1. The van der Waals surface area contributed by atoms with Crippen molar-refractivity contribution in [1.29, 1.82) is 0 Å². The minimum absolute atomic E-state index is 0.0987. The third-order valence-corrected chi connectivity index (χ3v) is 10.0. The molecule has 3 aromatic heterocycles. The Bertz CT molecular complexity index is 1910. The highest BCUT2D eigenvalue weighted by atomic mass is 79.9. The lowest BCUT2D eigenvalue weighted by molar-refractivity contribution is 0.213. The third kappa shape index (κ3) is 5.37. The van der Waals surface area contributed by atoms with E-state index in [1.807, 2.05) is 22.9 Å². The standard InChI is InChI=1S/C28H30BrN7O4S/c1-35-12-7-18(8-13-35)36-16-17-14-22-23(15-19(17)28(36)38)34-26(33-22)25-21(6-9-31-27(25)37)30-10-11-32-41(39,40)24-5-3-2-4-20(24)29/h2-6,9,14-16,18,32,38H,7-8,10-13H2,1H3,(H,33,34)(H2,30,31,37). The van der Waals surface area contributed by atoms with Crippen LogP contribution in [0, 0.1) is 0 Å². The van der Waals surface area contributed by atoms with Crippen LogP contribution in [0.15, 0.2) is 69.0 Å². The van der Waals surface area contributed by atoms with Gasteiger partial charge in [-0.15, -0.1) is 0 Å². The number of piperidine rings is 1. The van der Waals surface area contributed by atoms with Crippen LogP contribution in [0.3, 0.4) is 0 Å². The molecule has 0 unspecified atom stereocenters. The minimum Gasteiger partial charge on any atom is -0.494 e. The Morgan fingerprint density at radius 2 is 1.93 bits per heavy atom. The summed E-state index contributed by atoms with van der Waals surface area (Å²) in [7, 11) is -1.60. The number of H-pyrrole nitrogens is 2. The van der Waals surface area contributed by atoms with Gasteiger partial charge >= 0.3 is 0 Å². The number of imidazole rings is 1. The number of aromatic amines is 2. The molecule has 6 rings (SSSR count). The molecular weight excluding hydrogens is 610 g/mol. The molecule has 0 spiro atoms. The molecule has 1 saturated heterocycles. The van der Waals surface area contributed by atoms with Gasteiger partial charge in [0, 0.05) is 46.8 Å². The number of aromatic hydroxyl groups is 1. The first kappa shape index (κ1) is 27.5. The number of fused-ring (bicyclic) bond motifs is 2. The van der Waals surface area contributed by atoms with Crippen LogP contribution in [0.25, 0.3) is 33.2 Å². The van der Waals surface area contributed by atoms with Crippen molar-refractivity contribution >= 4 is 53.4 Å². The number of benzene rings is 2. The van der Waals surface area contributed by atoms with E-state index in [4.69, 9.17) is 0 Å². The van der Waals surface area contributed by atoms with E-state index in [1.165, 1.54) is 12.3 Å². The number of anilines is 1. The first-order chi connectivity index (χ1) is 19.7. The molecule has 1 aliphatic rings. The van der Waals surface area contributed by atoms with Crippen molar-refractivity contribution in [2.45, 2.75) is 23.8 Å². The zero-order valence-electron chi connectivity index (χ0n) is 22.3. The molecule has 214 valence electrons. The zero-order chi connectivity index (χ0) is 28.7. The Hall–Kier alpha value is -3.65.